The van der Waals surface area contributed by atoms with Gasteiger partial charge < -0.3 is 9.13 Å². The van der Waals surface area contributed by atoms with Crippen LogP contribution < -0.4 is 0 Å². The van der Waals surface area contributed by atoms with E-state index in [0.717, 1.165) is 54.7 Å². The van der Waals surface area contributed by atoms with Crippen LogP contribution in [0.3, 0.4) is 0 Å². The van der Waals surface area contributed by atoms with Crippen LogP contribution in [0.2, 0.25) is 0 Å². The molecule has 64 heavy (non-hydrogen) atoms. The number of aromatic nitrogens is 5. The summed E-state index contributed by atoms with van der Waals surface area (Å²) in [6.07, 6.45) is 0. The normalized spacial score (nSPS) is 10.7. The van der Waals surface area contributed by atoms with Gasteiger partial charge in [0.15, 0.2) is 5.82 Å². The van der Waals surface area contributed by atoms with Crippen molar-refractivity contribution in [2.75, 3.05) is 0 Å². The van der Waals surface area contributed by atoms with Crippen LogP contribution in [0.4, 0.5) is 0 Å². The molecular formula is C54H34N10. The highest BCUT2D eigenvalue weighted by molar-refractivity contribution is 6.13. The van der Waals surface area contributed by atoms with Gasteiger partial charge in [-0.25, -0.2) is 15.0 Å². The number of fused-ring (bicyclic) bond motifs is 6. The van der Waals surface area contributed by atoms with Crippen molar-refractivity contribution in [3.8, 4) is 75.4 Å². The number of nitrogens with zero attached hydrogens (tertiary/aromatic N) is 10. The Morgan fingerprint density at radius 3 is 1.25 bits per heavy atom. The van der Waals surface area contributed by atoms with Crippen LogP contribution in [0, 0.1) is 70.5 Å². The van der Waals surface area contributed by atoms with Gasteiger partial charge in [-0.2, -0.15) is 26.3 Å². The zero-order valence-corrected chi connectivity index (χ0v) is 35.2. The van der Waals surface area contributed by atoms with Crippen LogP contribution in [0.15, 0.2) is 133 Å². The summed E-state index contributed by atoms with van der Waals surface area (Å²) in [4.78, 5) is 14.5. The molecule has 0 amide bonds. The van der Waals surface area contributed by atoms with Gasteiger partial charge in [0, 0.05) is 21.5 Å². The zero-order chi connectivity index (χ0) is 44.6. The molecule has 10 nitrogen and oxygen atoms in total. The average molecular weight is 823 g/mol. The number of para-hydroxylation sites is 2. The molecule has 0 unspecified atom stereocenters. The van der Waals surface area contributed by atoms with Crippen molar-refractivity contribution in [3.63, 3.8) is 0 Å². The first kappa shape index (κ1) is 40.0. The molecule has 0 radical (unpaired) electrons. The third-order valence-corrected chi connectivity index (χ3v) is 11.3. The number of rotatable bonds is 5. The zero-order valence-electron chi connectivity index (χ0n) is 35.2. The van der Waals surface area contributed by atoms with Crippen LogP contribution in [-0.4, -0.2) is 24.1 Å². The lowest BCUT2D eigenvalue weighted by molar-refractivity contribution is 0.924. The molecule has 0 aliphatic rings. The minimum Gasteiger partial charge on any atom is -0.308 e. The van der Waals surface area contributed by atoms with E-state index in [0.29, 0.717) is 73.4 Å². The van der Waals surface area contributed by atoms with Gasteiger partial charge in [0.1, 0.15) is 11.6 Å². The molecule has 3 aromatic heterocycles. The lowest BCUT2D eigenvalue weighted by atomic mass is 9.97. The Bertz CT molecular complexity index is 3560. The average Bonchev–Trinajstić information content (AvgIpc) is 3.85. The molecule has 0 saturated carbocycles. The maximum absolute atomic E-state index is 10.9. The third-order valence-electron chi connectivity index (χ3n) is 11.3. The lowest BCUT2D eigenvalue weighted by Crippen LogP contribution is -2.08. The van der Waals surface area contributed by atoms with Crippen LogP contribution in [0.5, 0.6) is 0 Å². The summed E-state index contributed by atoms with van der Waals surface area (Å²) in [5.74, 6) is 1.46. The first-order valence-electron chi connectivity index (χ1n) is 20.6. The SMILES string of the molecule is CC.Cc1nc(C)nc(-c2c(-n3c4ccccc4c4ccc(-c5ccc(C#N)cc5C#N)cc43)cc(C#N)cc2-n2c3ccccc3c3ccc(-c4ccc(C#N)cc4C#N)cc32)n1. The van der Waals surface area contributed by atoms with Crippen molar-refractivity contribution in [1.29, 1.82) is 26.3 Å². The molecule has 0 aliphatic heterocycles. The summed E-state index contributed by atoms with van der Waals surface area (Å²) in [7, 11) is 0. The van der Waals surface area contributed by atoms with Gasteiger partial charge in [-0.05, 0) is 96.8 Å². The predicted octanol–water partition coefficient (Wildman–Crippen LogP) is 12.1. The molecule has 0 spiro atoms. The molecule has 0 saturated heterocycles. The van der Waals surface area contributed by atoms with Gasteiger partial charge in [-0.3, -0.25) is 0 Å². The standard InChI is InChI=1S/C52H28N10.C2H6/c1-30-58-31(2)60-52(59-30)51-49(61-45-9-5-3-7-41(45)43-17-13-35(23-47(43)61)39-15-11-32(25-53)19-37(39)28-56)21-34(27-55)22-50(51)62-46-10-6-4-8-42(46)44-18-14-36(24-48(44)62)40-16-12-33(26-54)20-38(40)29-57;1-2/h3-24H,1-2H3;1-2H3. The highest BCUT2D eigenvalue weighted by atomic mass is 15.1. The van der Waals surface area contributed by atoms with Crippen LogP contribution in [-0.2, 0) is 0 Å². The Balaban J connectivity index is 0.00000256. The third kappa shape index (κ3) is 6.52. The van der Waals surface area contributed by atoms with Crippen LogP contribution in [0.1, 0.15) is 53.3 Å². The molecule has 10 rings (SSSR count). The van der Waals surface area contributed by atoms with Gasteiger partial charge in [-0.15, -0.1) is 0 Å². The van der Waals surface area contributed by atoms with E-state index >= 15 is 0 Å². The Labute approximate surface area is 368 Å². The first-order chi connectivity index (χ1) is 31.3. The van der Waals surface area contributed by atoms with E-state index in [4.69, 9.17) is 9.97 Å². The summed E-state index contributed by atoms with van der Waals surface area (Å²) in [5.41, 5.74) is 10.2. The molecular weight excluding hydrogens is 789 g/mol. The Morgan fingerprint density at radius 1 is 0.406 bits per heavy atom. The van der Waals surface area contributed by atoms with Gasteiger partial charge in [-0.1, -0.05) is 86.6 Å². The molecule has 0 fully saturated rings. The van der Waals surface area contributed by atoms with Crippen molar-refractivity contribution >= 4 is 43.6 Å². The Morgan fingerprint density at radius 2 is 0.828 bits per heavy atom. The molecule has 0 N–H and O–H groups in total. The summed E-state index contributed by atoms with van der Waals surface area (Å²) >= 11 is 0. The fourth-order valence-corrected chi connectivity index (χ4v) is 8.70. The van der Waals surface area contributed by atoms with Crippen molar-refractivity contribution in [1.82, 2.24) is 24.1 Å². The molecule has 10 aromatic rings. The van der Waals surface area contributed by atoms with E-state index < -0.39 is 0 Å². The second-order valence-corrected chi connectivity index (χ2v) is 14.9. The number of aryl methyl sites for hydroxylation is 2. The molecule has 0 aliphatic carbocycles. The summed E-state index contributed by atoms with van der Waals surface area (Å²) in [5, 5.41) is 54.3. The van der Waals surface area contributed by atoms with E-state index in [1.165, 1.54) is 0 Å². The second-order valence-electron chi connectivity index (χ2n) is 14.9. The van der Waals surface area contributed by atoms with E-state index in [2.05, 4.69) is 56.6 Å². The molecule has 10 heteroatoms. The summed E-state index contributed by atoms with van der Waals surface area (Å²) < 4.78 is 4.26. The van der Waals surface area contributed by atoms with E-state index in [-0.39, 0.29) is 0 Å². The minimum absolute atomic E-state index is 0.380. The number of benzene rings is 7. The van der Waals surface area contributed by atoms with Crippen LogP contribution >= 0.6 is 0 Å². The monoisotopic (exact) mass is 822 g/mol. The van der Waals surface area contributed by atoms with Gasteiger partial charge in [0.25, 0.3) is 0 Å². The highest BCUT2D eigenvalue weighted by Gasteiger charge is 2.26. The molecule has 3 heterocycles. The van der Waals surface area contributed by atoms with Crippen LogP contribution in [0.25, 0.3) is 88.6 Å². The Kier molecular flexibility index (Phi) is 10.1. The maximum Gasteiger partial charge on any atom is 0.167 e. The Hall–Kier alpha value is -9.40. The second kappa shape index (κ2) is 16.2. The fourth-order valence-electron chi connectivity index (χ4n) is 8.70. The first-order valence-corrected chi connectivity index (χ1v) is 20.6. The van der Waals surface area contributed by atoms with Crippen molar-refractivity contribution in [2.24, 2.45) is 0 Å². The van der Waals surface area contributed by atoms with Crippen molar-refractivity contribution in [2.45, 2.75) is 27.7 Å². The van der Waals surface area contributed by atoms with Gasteiger partial charge in [0.2, 0.25) is 0 Å². The maximum atomic E-state index is 10.9. The van der Waals surface area contributed by atoms with Gasteiger partial charge >= 0.3 is 0 Å². The van der Waals surface area contributed by atoms with Gasteiger partial charge in [0.05, 0.1) is 97.2 Å². The van der Waals surface area contributed by atoms with E-state index in [9.17, 15) is 26.3 Å². The smallest absolute Gasteiger partial charge is 0.167 e. The topological polar surface area (TPSA) is 167 Å². The fraction of sp³-hybridized carbons (Fsp3) is 0.0741. The number of nitriles is 5. The molecule has 7 aromatic carbocycles. The molecule has 300 valence electrons. The predicted molar refractivity (Wildman–Crippen MR) is 249 cm³/mol. The number of hydrogen-bond donors (Lipinski definition) is 0. The highest BCUT2D eigenvalue weighted by Crippen LogP contribution is 2.43. The largest absolute Gasteiger partial charge is 0.308 e. The van der Waals surface area contributed by atoms with Crippen molar-refractivity contribution < 1.29 is 0 Å². The molecule has 0 bridgehead atoms. The minimum atomic E-state index is 0.380. The molecule has 0 atom stereocenters. The quantitative estimate of drug-likeness (QED) is 0.165. The number of hydrogen-bond acceptors (Lipinski definition) is 8. The summed E-state index contributed by atoms with van der Waals surface area (Å²) in [6, 6.07) is 53.5. The van der Waals surface area contributed by atoms with E-state index in [1.807, 2.05) is 113 Å². The lowest BCUT2D eigenvalue weighted by Gasteiger charge is -2.20. The van der Waals surface area contributed by atoms with E-state index in [1.54, 1.807) is 36.4 Å². The van der Waals surface area contributed by atoms with Crippen molar-refractivity contribution in [3.05, 3.63) is 173 Å². The summed E-state index contributed by atoms with van der Waals surface area (Å²) in [6.45, 7) is 7.66.